The van der Waals surface area contributed by atoms with Crippen LogP contribution < -0.4 is 11.2 Å². The first-order valence-corrected chi connectivity index (χ1v) is 3.56. The van der Waals surface area contributed by atoms with Crippen molar-refractivity contribution in [3.05, 3.63) is 33.1 Å². The molecule has 0 unspecified atom stereocenters. The molecular weight excluding hydrogens is 182 g/mol. The third-order valence-corrected chi connectivity index (χ3v) is 1.34. The average Bonchev–Trinajstić information content (AvgIpc) is 1.93. The molecule has 0 bridgehead atoms. The van der Waals surface area contributed by atoms with Gasteiger partial charge in [0.2, 0.25) is 0 Å². The highest BCUT2D eigenvalue weighted by atomic mass is 19.3. The molecule has 1 heterocycles. The van der Waals surface area contributed by atoms with Gasteiger partial charge in [-0.05, 0) is 0 Å². The van der Waals surface area contributed by atoms with E-state index in [-0.39, 0.29) is 0 Å². The van der Waals surface area contributed by atoms with E-state index in [1.807, 2.05) is 4.98 Å². The highest BCUT2D eigenvalue weighted by Gasteiger charge is 2.22. The van der Waals surface area contributed by atoms with Gasteiger partial charge < -0.3 is 0 Å². The number of hydrogen-bond acceptors (Lipinski definition) is 2. The SMILES string of the molecule is CC(F)(F)Cn1ccc(=O)[nH]c1=O. The molecule has 1 aromatic rings. The Morgan fingerprint density at radius 3 is 2.62 bits per heavy atom. The Bertz CT molecular complexity index is 402. The van der Waals surface area contributed by atoms with Gasteiger partial charge in [0.1, 0.15) is 0 Å². The molecule has 1 N–H and O–H groups in total. The second kappa shape index (κ2) is 3.12. The third kappa shape index (κ3) is 2.81. The van der Waals surface area contributed by atoms with E-state index in [9.17, 15) is 18.4 Å². The van der Waals surface area contributed by atoms with Crippen LogP contribution in [-0.4, -0.2) is 15.5 Å². The van der Waals surface area contributed by atoms with Crippen molar-refractivity contribution in [3.63, 3.8) is 0 Å². The summed E-state index contributed by atoms with van der Waals surface area (Å²) in [6.45, 7) is -0.0346. The van der Waals surface area contributed by atoms with Crippen molar-refractivity contribution in [2.45, 2.75) is 19.4 Å². The first-order chi connectivity index (χ1) is 5.88. The van der Waals surface area contributed by atoms with Crippen LogP contribution in [0.3, 0.4) is 0 Å². The Morgan fingerprint density at radius 1 is 1.54 bits per heavy atom. The molecule has 0 radical (unpaired) electrons. The Hall–Kier alpha value is -1.46. The lowest BCUT2D eigenvalue weighted by atomic mass is 10.4. The molecule has 0 aromatic carbocycles. The summed E-state index contributed by atoms with van der Waals surface area (Å²) in [6.07, 6.45) is 1.04. The van der Waals surface area contributed by atoms with Crippen LogP contribution in [0.2, 0.25) is 0 Å². The molecule has 0 amide bonds. The van der Waals surface area contributed by atoms with Crippen LogP contribution in [0.4, 0.5) is 8.78 Å². The Labute approximate surface area is 71.8 Å². The molecule has 0 spiro atoms. The Kier molecular flexibility index (Phi) is 2.31. The molecule has 0 aliphatic carbocycles. The largest absolute Gasteiger partial charge is 0.328 e. The van der Waals surface area contributed by atoms with Crippen molar-refractivity contribution in [2.75, 3.05) is 0 Å². The number of nitrogens with zero attached hydrogens (tertiary/aromatic N) is 1. The maximum atomic E-state index is 12.4. The molecule has 6 heteroatoms. The van der Waals surface area contributed by atoms with Crippen LogP contribution in [0.1, 0.15) is 6.92 Å². The standard InChI is InChI=1S/C7H8F2N2O2/c1-7(8,9)4-11-3-2-5(12)10-6(11)13/h2-3H,4H2,1H3,(H,10,12,13). The minimum atomic E-state index is -2.97. The molecule has 13 heavy (non-hydrogen) atoms. The van der Waals surface area contributed by atoms with Crippen molar-refractivity contribution in [3.8, 4) is 0 Å². The molecule has 0 saturated carbocycles. The van der Waals surface area contributed by atoms with Crippen LogP contribution in [0.15, 0.2) is 21.9 Å². The summed E-state index contributed by atoms with van der Waals surface area (Å²) in [6, 6.07) is 1.02. The van der Waals surface area contributed by atoms with Gasteiger partial charge >= 0.3 is 5.69 Å². The molecule has 0 atom stereocenters. The smallest absolute Gasteiger partial charge is 0.295 e. The molecule has 1 rings (SSSR count). The average molecular weight is 190 g/mol. The van der Waals surface area contributed by atoms with Crippen LogP contribution in [-0.2, 0) is 6.54 Å². The summed E-state index contributed by atoms with van der Waals surface area (Å²) in [7, 11) is 0. The fourth-order valence-corrected chi connectivity index (χ4v) is 0.868. The van der Waals surface area contributed by atoms with Crippen LogP contribution in [0.25, 0.3) is 0 Å². The summed E-state index contributed by atoms with van der Waals surface area (Å²) in [5.74, 6) is -2.97. The lowest BCUT2D eigenvalue weighted by molar-refractivity contribution is 0.00256. The summed E-state index contributed by atoms with van der Waals surface area (Å²) in [4.78, 5) is 23.3. The fourth-order valence-electron chi connectivity index (χ4n) is 0.868. The molecule has 1 aromatic heterocycles. The predicted octanol–water partition coefficient (Wildman–Crippen LogP) is 0.192. The van der Waals surface area contributed by atoms with Gasteiger partial charge in [-0.15, -0.1) is 0 Å². The molecule has 0 fully saturated rings. The minimum Gasteiger partial charge on any atom is -0.295 e. The van der Waals surface area contributed by atoms with Crippen molar-refractivity contribution >= 4 is 0 Å². The van der Waals surface area contributed by atoms with E-state index >= 15 is 0 Å². The van der Waals surface area contributed by atoms with E-state index in [1.54, 1.807) is 0 Å². The number of aromatic nitrogens is 2. The monoisotopic (exact) mass is 190 g/mol. The van der Waals surface area contributed by atoms with E-state index in [0.717, 1.165) is 16.8 Å². The summed E-state index contributed by atoms with van der Waals surface area (Å²) in [5, 5.41) is 0. The summed E-state index contributed by atoms with van der Waals surface area (Å²) < 4.78 is 25.6. The van der Waals surface area contributed by atoms with Gasteiger partial charge in [0, 0.05) is 19.2 Å². The topological polar surface area (TPSA) is 54.9 Å². The minimum absolute atomic E-state index is 0.597. The van der Waals surface area contributed by atoms with E-state index in [2.05, 4.69) is 0 Å². The van der Waals surface area contributed by atoms with Gasteiger partial charge in [0.25, 0.3) is 11.5 Å². The Balaban J connectivity index is 3.04. The van der Waals surface area contributed by atoms with Crippen LogP contribution in [0, 0.1) is 0 Å². The second-order valence-electron chi connectivity index (χ2n) is 2.81. The van der Waals surface area contributed by atoms with E-state index in [1.165, 1.54) is 0 Å². The summed E-state index contributed by atoms with van der Waals surface area (Å²) in [5.41, 5.74) is -1.42. The normalized spacial score (nSPS) is 11.6. The van der Waals surface area contributed by atoms with Crippen LogP contribution in [0.5, 0.6) is 0 Å². The lowest BCUT2D eigenvalue weighted by Gasteiger charge is -2.10. The van der Waals surface area contributed by atoms with Gasteiger partial charge in [-0.25, -0.2) is 13.6 Å². The number of alkyl halides is 2. The number of halogens is 2. The zero-order valence-corrected chi connectivity index (χ0v) is 6.88. The van der Waals surface area contributed by atoms with Gasteiger partial charge in [-0.1, -0.05) is 0 Å². The third-order valence-electron chi connectivity index (χ3n) is 1.34. The fraction of sp³-hybridized carbons (Fsp3) is 0.429. The van der Waals surface area contributed by atoms with Gasteiger partial charge in [0.15, 0.2) is 0 Å². The van der Waals surface area contributed by atoms with Gasteiger partial charge in [-0.2, -0.15) is 0 Å². The quantitative estimate of drug-likeness (QED) is 0.723. The molecule has 0 saturated heterocycles. The van der Waals surface area contributed by atoms with Crippen LogP contribution >= 0.6 is 0 Å². The number of aromatic amines is 1. The van der Waals surface area contributed by atoms with Crippen molar-refractivity contribution < 1.29 is 8.78 Å². The summed E-state index contributed by atoms with van der Waals surface area (Å²) >= 11 is 0. The zero-order chi connectivity index (χ0) is 10.1. The molecular formula is C7H8F2N2O2. The highest BCUT2D eigenvalue weighted by Crippen LogP contribution is 2.12. The van der Waals surface area contributed by atoms with E-state index in [0.29, 0.717) is 6.92 Å². The van der Waals surface area contributed by atoms with E-state index in [4.69, 9.17) is 0 Å². The number of rotatable bonds is 2. The molecule has 4 nitrogen and oxygen atoms in total. The predicted molar refractivity (Wildman–Crippen MR) is 41.9 cm³/mol. The van der Waals surface area contributed by atoms with Gasteiger partial charge in [-0.3, -0.25) is 14.3 Å². The maximum Gasteiger partial charge on any atom is 0.328 e. The van der Waals surface area contributed by atoms with Crippen molar-refractivity contribution in [1.29, 1.82) is 0 Å². The van der Waals surface area contributed by atoms with E-state index < -0.39 is 23.7 Å². The lowest BCUT2D eigenvalue weighted by Crippen LogP contribution is -2.33. The number of nitrogens with one attached hydrogen (secondary N) is 1. The number of H-pyrrole nitrogens is 1. The first kappa shape index (κ1) is 9.63. The zero-order valence-electron chi connectivity index (χ0n) is 6.88. The molecule has 72 valence electrons. The van der Waals surface area contributed by atoms with Crippen molar-refractivity contribution in [1.82, 2.24) is 9.55 Å². The van der Waals surface area contributed by atoms with Crippen molar-refractivity contribution in [2.24, 2.45) is 0 Å². The molecule has 0 aliphatic heterocycles. The number of hydrogen-bond donors (Lipinski definition) is 1. The first-order valence-electron chi connectivity index (χ1n) is 3.56. The van der Waals surface area contributed by atoms with Gasteiger partial charge in [0.05, 0.1) is 6.54 Å². The highest BCUT2D eigenvalue weighted by molar-refractivity contribution is 4.83. The Morgan fingerprint density at radius 2 is 2.15 bits per heavy atom. The second-order valence-corrected chi connectivity index (χ2v) is 2.81. The molecule has 0 aliphatic rings. The maximum absolute atomic E-state index is 12.4.